The van der Waals surface area contributed by atoms with Crippen LogP contribution in [0.15, 0.2) is 28.7 Å². The van der Waals surface area contributed by atoms with Crippen molar-refractivity contribution in [3.8, 4) is 5.75 Å². The third kappa shape index (κ3) is 3.62. The van der Waals surface area contributed by atoms with Crippen LogP contribution in [0.25, 0.3) is 0 Å². The smallest absolute Gasteiger partial charge is 0.119 e. The summed E-state index contributed by atoms with van der Waals surface area (Å²) < 4.78 is 6.82. The highest BCUT2D eigenvalue weighted by molar-refractivity contribution is 9.10. The molecule has 1 aliphatic rings. The molecule has 0 radical (unpaired) electrons. The molecule has 1 aromatic carbocycles. The zero-order valence-electron chi connectivity index (χ0n) is 10.6. The molecule has 0 saturated carbocycles. The number of rotatable bonds is 5. The summed E-state index contributed by atoms with van der Waals surface area (Å²) in [6.45, 7) is 5.10. The molecule has 0 bridgehead atoms. The lowest BCUT2D eigenvalue weighted by Crippen LogP contribution is -2.36. The van der Waals surface area contributed by atoms with Gasteiger partial charge in [0.15, 0.2) is 0 Å². The molecule has 1 aromatic rings. The minimum absolute atomic E-state index is 0.514. The number of likely N-dealkylation sites (tertiary alicyclic amines) is 1. The van der Waals surface area contributed by atoms with E-state index in [2.05, 4.69) is 27.8 Å². The van der Waals surface area contributed by atoms with E-state index in [1.165, 1.54) is 6.42 Å². The number of alkyl halides is 1. The van der Waals surface area contributed by atoms with Gasteiger partial charge in [0.05, 0.1) is 0 Å². The van der Waals surface area contributed by atoms with Gasteiger partial charge in [-0.25, -0.2) is 0 Å². The molecule has 2 nitrogen and oxygen atoms in total. The summed E-state index contributed by atoms with van der Waals surface area (Å²) in [7, 11) is 0. The van der Waals surface area contributed by atoms with Gasteiger partial charge >= 0.3 is 0 Å². The van der Waals surface area contributed by atoms with Gasteiger partial charge in [-0.2, -0.15) is 0 Å². The van der Waals surface area contributed by atoms with Crippen LogP contribution in [0, 0.1) is 5.92 Å². The Bertz CT molecular complexity index is 371. The van der Waals surface area contributed by atoms with Crippen LogP contribution in [-0.4, -0.2) is 36.5 Å². The van der Waals surface area contributed by atoms with E-state index in [-0.39, 0.29) is 0 Å². The Morgan fingerprint density at radius 1 is 1.39 bits per heavy atom. The van der Waals surface area contributed by atoms with Gasteiger partial charge in [0.25, 0.3) is 0 Å². The van der Waals surface area contributed by atoms with E-state index in [0.717, 1.165) is 35.8 Å². The molecular weight excluding hydrogens is 314 g/mol. The quantitative estimate of drug-likeness (QED) is 0.761. The summed E-state index contributed by atoms with van der Waals surface area (Å²) in [5.74, 6) is 2.35. The first-order chi connectivity index (χ1) is 8.70. The molecule has 1 fully saturated rings. The maximum atomic E-state index is 6.02. The Hall–Kier alpha value is -0.250. The van der Waals surface area contributed by atoms with E-state index >= 15 is 0 Å². The molecule has 0 spiro atoms. The Morgan fingerprint density at radius 2 is 2.11 bits per heavy atom. The predicted molar refractivity (Wildman–Crippen MR) is 79.5 cm³/mol. The summed E-state index contributed by atoms with van der Waals surface area (Å²) in [5.41, 5.74) is 0. The van der Waals surface area contributed by atoms with Gasteiger partial charge in [-0.3, -0.25) is 4.90 Å². The number of hydrogen-bond acceptors (Lipinski definition) is 2. The molecule has 0 N–H and O–H groups in total. The van der Waals surface area contributed by atoms with Crippen molar-refractivity contribution in [1.82, 2.24) is 4.90 Å². The molecule has 1 saturated heterocycles. The van der Waals surface area contributed by atoms with Crippen molar-refractivity contribution in [2.75, 3.05) is 25.6 Å². The zero-order chi connectivity index (χ0) is 13.0. The van der Waals surface area contributed by atoms with E-state index in [4.69, 9.17) is 16.3 Å². The van der Waals surface area contributed by atoms with E-state index in [0.29, 0.717) is 12.0 Å². The lowest BCUT2D eigenvalue weighted by Gasteiger charge is -2.24. The first-order valence-electron chi connectivity index (χ1n) is 6.39. The van der Waals surface area contributed by atoms with Crippen molar-refractivity contribution in [1.29, 1.82) is 0 Å². The zero-order valence-corrected chi connectivity index (χ0v) is 13.0. The van der Waals surface area contributed by atoms with Gasteiger partial charge in [-0.05, 0) is 43.1 Å². The fourth-order valence-electron chi connectivity index (χ4n) is 2.43. The highest BCUT2D eigenvalue weighted by atomic mass is 79.9. The van der Waals surface area contributed by atoms with Crippen molar-refractivity contribution in [3.63, 3.8) is 0 Å². The first kappa shape index (κ1) is 14.2. The number of hydrogen-bond donors (Lipinski definition) is 0. The third-order valence-electron chi connectivity index (χ3n) is 3.62. The van der Waals surface area contributed by atoms with Gasteiger partial charge in [-0.1, -0.05) is 22.9 Å². The number of benzene rings is 1. The maximum Gasteiger partial charge on any atom is 0.119 e. The van der Waals surface area contributed by atoms with E-state index in [1.807, 2.05) is 24.3 Å². The van der Waals surface area contributed by atoms with Crippen LogP contribution in [0.1, 0.15) is 13.3 Å². The van der Waals surface area contributed by atoms with Gasteiger partial charge in [0.1, 0.15) is 12.4 Å². The predicted octanol–water partition coefficient (Wildman–Crippen LogP) is 3.78. The van der Waals surface area contributed by atoms with Gasteiger partial charge in [0.2, 0.25) is 0 Å². The SMILES string of the molecule is CC1CCN(CCOc2ccc(Br)cc2)C1CCl. The third-order valence-corrected chi connectivity index (χ3v) is 4.46. The lowest BCUT2D eigenvalue weighted by molar-refractivity contribution is 0.195. The van der Waals surface area contributed by atoms with Crippen LogP contribution in [0.4, 0.5) is 0 Å². The molecular formula is C14H19BrClNO. The highest BCUT2D eigenvalue weighted by Crippen LogP contribution is 2.24. The van der Waals surface area contributed by atoms with Crippen LogP contribution >= 0.6 is 27.5 Å². The second-order valence-electron chi connectivity index (χ2n) is 4.83. The van der Waals surface area contributed by atoms with Crippen molar-refractivity contribution >= 4 is 27.5 Å². The highest BCUT2D eigenvalue weighted by Gasteiger charge is 2.29. The van der Waals surface area contributed by atoms with Crippen LogP contribution in [-0.2, 0) is 0 Å². The minimum Gasteiger partial charge on any atom is -0.492 e. The summed E-state index contributed by atoms with van der Waals surface area (Å²) in [4.78, 5) is 2.44. The number of nitrogens with zero attached hydrogens (tertiary/aromatic N) is 1. The van der Waals surface area contributed by atoms with Crippen LogP contribution in [0.5, 0.6) is 5.75 Å². The Kier molecular flexibility index (Phi) is 5.34. The summed E-state index contributed by atoms with van der Waals surface area (Å²) in [6, 6.07) is 8.47. The summed E-state index contributed by atoms with van der Waals surface area (Å²) >= 11 is 9.44. The maximum absolute atomic E-state index is 6.02. The van der Waals surface area contributed by atoms with E-state index in [1.54, 1.807) is 0 Å². The molecule has 18 heavy (non-hydrogen) atoms. The van der Waals surface area contributed by atoms with Crippen LogP contribution in [0.3, 0.4) is 0 Å². The molecule has 2 rings (SSSR count). The van der Waals surface area contributed by atoms with Gasteiger partial charge in [0, 0.05) is 22.9 Å². The number of halogens is 2. The largest absolute Gasteiger partial charge is 0.492 e. The van der Waals surface area contributed by atoms with Crippen molar-refractivity contribution < 1.29 is 4.74 Å². The van der Waals surface area contributed by atoms with Crippen molar-refractivity contribution in [3.05, 3.63) is 28.7 Å². The summed E-state index contributed by atoms with van der Waals surface area (Å²) in [5, 5.41) is 0. The number of ether oxygens (including phenoxy) is 1. The molecule has 2 atom stereocenters. The average Bonchev–Trinajstić information content (AvgIpc) is 2.72. The van der Waals surface area contributed by atoms with Crippen molar-refractivity contribution in [2.45, 2.75) is 19.4 Å². The molecule has 2 unspecified atom stereocenters. The second-order valence-corrected chi connectivity index (χ2v) is 6.05. The van der Waals surface area contributed by atoms with Crippen LogP contribution in [0.2, 0.25) is 0 Å². The Labute approximate surface area is 122 Å². The van der Waals surface area contributed by atoms with E-state index in [9.17, 15) is 0 Å². The molecule has 0 amide bonds. The standard InChI is InChI=1S/C14H19BrClNO/c1-11-6-7-17(14(11)10-16)8-9-18-13-4-2-12(15)3-5-13/h2-5,11,14H,6-10H2,1H3. The van der Waals surface area contributed by atoms with Crippen LogP contribution < -0.4 is 4.74 Å². The second kappa shape index (κ2) is 6.78. The Balaban J connectivity index is 1.77. The van der Waals surface area contributed by atoms with Gasteiger partial charge in [-0.15, -0.1) is 11.6 Å². The molecule has 1 aliphatic heterocycles. The fraction of sp³-hybridized carbons (Fsp3) is 0.571. The van der Waals surface area contributed by atoms with Gasteiger partial charge < -0.3 is 4.74 Å². The normalized spacial score (nSPS) is 24.4. The molecule has 4 heteroatoms. The Morgan fingerprint density at radius 3 is 2.78 bits per heavy atom. The molecule has 0 aromatic heterocycles. The van der Waals surface area contributed by atoms with E-state index < -0.39 is 0 Å². The summed E-state index contributed by atoms with van der Waals surface area (Å²) in [6.07, 6.45) is 1.25. The van der Waals surface area contributed by atoms with Crippen molar-refractivity contribution in [2.24, 2.45) is 5.92 Å². The molecule has 100 valence electrons. The minimum atomic E-state index is 0.514. The monoisotopic (exact) mass is 331 g/mol. The fourth-order valence-corrected chi connectivity index (χ4v) is 3.19. The molecule has 1 heterocycles. The first-order valence-corrected chi connectivity index (χ1v) is 7.72. The molecule has 0 aliphatic carbocycles. The average molecular weight is 333 g/mol. The topological polar surface area (TPSA) is 12.5 Å². The lowest BCUT2D eigenvalue weighted by atomic mass is 10.1.